The van der Waals surface area contributed by atoms with E-state index in [2.05, 4.69) is 20.6 Å². The van der Waals surface area contributed by atoms with E-state index in [1.807, 2.05) is 6.92 Å². The second-order valence-corrected chi connectivity index (χ2v) is 4.98. The summed E-state index contributed by atoms with van der Waals surface area (Å²) < 4.78 is 38.6. The molecule has 0 aliphatic carbocycles. The molecule has 0 radical (unpaired) electrons. The van der Waals surface area contributed by atoms with Crippen LogP contribution in [0.3, 0.4) is 0 Å². The number of alkyl halides is 3. The van der Waals surface area contributed by atoms with Crippen LogP contribution in [0.5, 0.6) is 0 Å². The first-order chi connectivity index (χ1) is 10.3. The summed E-state index contributed by atoms with van der Waals surface area (Å²) in [5, 5.41) is 5.46. The van der Waals surface area contributed by atoms with Crippen LogP contribution in [0.4, 0.5) is 30.6 Å². The van der Waals surface area contributed by atoms with Crippen molar-refractivity contribution < 1.29 is 13.2 Å². The lowest BCUT2D eigenvalue weighted by molar-refractivity contribution is -0.137. The van der Waals surface area contributed by atoms with Crippen LogP contribution in [0.2, 0.25) is 5.02 Å². The first kappa shape index (κ1) is 16.4. The van der Waals surface area contributed by atoms with Gasteiger partial charge in [-0.2, -0.15) is 18.2 Å². The van der Waals surface area contributed by atoms with Crippen molar-refractivity contribution in [2.75, 3.05) is 17.2 Å². The molecule has 2 aromatic rings. The van der Waals surface area contributed by atoms with E-state index in [1.54, 1.807) is 13.1 Å². The number of hydrogen-bond acceptors (Lipinski definition) is 4. The zero-order valence-corrected chi connectivity index (χ0v) is 12.7. The molecule has 0 amide bonds. The van der Waals surface area contributed by atoms with E-state index in [0.717, 1.165) is 6.07 Å². The van der Waals surface area contributed by atoms with Gasteiger partial charge >= 0.3 is 6.18 Å². The third-order valence-corrected chi connectivity index (χ3v) is 3.17. The second kappa shape index (κ2) is 6.39. The average molecular weight is 331 g/mol. The average Bonchev–Trinajstić information content (AvgIpc) is 2.43. The molecule has 2 N–H and O–H groups in total. The first-order valence-corrected chi connectivity index (χ1v) is 6.90. The monoisotopic (exact) mass is 330 g/mol. The van der Waals surface area contributed by atoms with Crippen LogP contribution in [0.15, 0.2) is 24.4 Å². The molecule has 118 valence electrons. The molecule has 0 saturated heterocycles. The lowest BCUT2D eigenvalue weighted by Crippen LogP contribution is -2.08. The third-order valence-electron chi connectivity index (χ3n) is 2.84. The van der Waals surface area contributed by atoms with Crippen molar-refractivity contribution in [2.24, 2.45) is 0 Å². The van der Waals surface area contributed by atoms with Crippen LogP contribution >= 0.6 is 11.6 Å². The van der Waals surface area contributed by atoms with Crippen LogP contribution in [0, 0.1) is 6.92 Å². The van der Waals surface area contributed by atoms with Gasteiger partial charge in [0.1, 0.15) is 5.82 Å². The number of rotatable bonds is 4. The zero-order chi connectivity index (χ0) is 16.3. The highest BCUT2D eigenvalue weighted by atomic mass is 35.5. The van der Waals surface area contributed by atoms with Gasteiger partial charge in [-0.3, -0.25) is 0 Å². The number of halogens is 4. The molecule has 0 saturated carbocycles. The van der Waals surface area contributed by atoms with Gasteiger partial charge in [-0.25, -0.2) is 4.98 Å². The molecule has 0 unspecified atom stereocenters. The number of aryl methyl sites for hydroxylation is 1. The summed E-state index contributed by atoms with van der Waals surface area (Å²) in [6, 6.07) is 3.62. The van der Waals surface area contributed by atoms with Crippen LogP contribution < -0.4 is 10.6 Å². The molecule has 0 bridgehead atoms. The maximum Gasteiger partial charge on any atom is 0.417 e. The van der Waals surface area contributed by atoms with E-state index in [1.165, 1.54) is 12.1 Å². The zero-order valence-electron chi connectivity index (χ0n) is 11.9. The largest absolute Gasteiger partial charge is 0.417 e. The Morgan fingerprint density at radius 2 is 2.00 bits per heavy atom. The minimum Gasteiger partial charge on any atom is -0.354 e. The van der Waals surface area contributed by atoms with Gasteiger partial charge in [-0.05, 0) is 32.0 Å². The molecule has 1 aromatic heterocycles. The standard InChI is InChI=1S/C14H14ClF3N4/c1-3-19-13-20-7-8(2)12(22-13)21-9-4-5-11(15)10(6-9)14(16,17)18/h4-7H,3H2,1-2H3,(H2,19,20,21,22). The molecular weight excluding hydrogens is 317 g/mol. The van der Waals surface area contributed by atoms with Gasteiger partial charge in [0.05, 0.1) is 10.6 Å². The van der Waals surface area contributed by atoms with Crippen LogP contribution in [-0.2, 0) is 6.18 Å². The first-order valence-electron chi connectivity index (χ1n) is 6.52. The maximum atomic E-state index is 12.9. The summed E-state index contributed by atoms with van der Waals surface area (Å²) in [6.45, 7) is 4.30. The molecule has 0 spiro atoms. The van der Waals surface area contributed by atoms with Crippen molar-refractivity contribution in [3.63, 3.8) is 0 Å². The summed E-state index contributed by atoms with van der Waals surface area (Å²) in [5.41, 5.74) is 0.0731. The Labute approximate surface area is 130 Å². The lowest BCUT2D eigenvalue weighted by Gasteiger charge is -2.13. The number of aromatic nitrogens is 2. The fourth-order valence-electron chi connectivity index (χ4n) is 1.77. The van der Waals surface area contributed by atoms with Crippen molar-refractivity contribution in [1.29, 1.82) is 0 Å². The van der Waals surface area contributed by atoms with Crippen molar-refractivity contribution in [3.05, 3.63) is 40.5 Å². The maximum absolute atomic E-state index is 12.9. The molecule has 0 aliphatic heterocycles. The van der Waals surface area contributed by atoms with Gasteiger partial charge in [-0.15, -0.1) is 0 Å². The van der Waals surface area contributed by atoms with Gasteiger partial charge < -0.3 is 10.6 Å². The summed E-state index contributed by atoms with van der Waals surface area (Å²) in [4.78, 5) is 8.30. The van der Waals surface area contributed by atoms with Gasteiger partial charge in [0, 0.05) is 24.0 Å². The predicted molar refractivity (Wildman–Crippen MR) is 80.7 cm³/mol. The van der Waals surface area contributed by atoms with Gasteiger partial charge in [0.25, 0.3) is 0 Å². The summed E-state index contributed by atoms with van der Waals surface area (Å²) >= 11 is 5.60. The van der Waals surface area contributed by atoms with Crippen molar-refractivity contribution >= 4 is 29.1 Å². The molecule has 22 heavy (non-hydrogen) atoms. The Hall–Kier alpha value is -2.02. The normalized spacial score (nSPS) is 11.4. The highest BCUT2D eigenvalue weighted by Gasteiger charge is 2.33. The fraction of sp³-hybridized carbons (Fsp3) is 0.286. The Balaban J connectivity index is 2.33. The highest BCUT2D eigenvalue weighted by molar-refractivity contribution is 6.31. The Bertz CT molecular complexity index is 674. The molecular formula is C14H14ClF3N4. The molecule has 8 heteroatoms. The van der Waals surface area contributed by atoms with Crippen LogP contribution in [0.1, 0.15) is 18.1 Å². The molecule has 2 rings (SSSR count). The smallest absolute Gasteiger partial charge is 0.354 e. The van der Waals surface area contributed by atoms with Crippen molar-refractivity contribution in [1.82, 2.24) is 9.97 Å². The Morgan fingerprint density at radius 3 is 2.64 bits per heavy atom. The summed E-state index contributed by atoms with van der Waals surface area (Å²) in [7, 11) is 0. The van der Waals surface area contributed by atoms with E-state index >= 15 is 0 Å². The van der Waals surface area contributed by atoms with Crippen molar-refractivity contribution in [3.8, 4) is 0 Å². The summed E-state index contributed by atoms with van der Waals surface area (Å²) in [5.74, 6) is 0.835. The quantitative estimate of drug-likeness (QED) is 0.858. The number of hydrogen-bond donors (Lipinski definition) is 2. The topological polar surface area (TPSA) is 49.8 Å². The van der Waals surface area contributed by atoms with Gasteiger partial charge in [-0.1, -0.05) is 11.6 Å². The fourth-order valence-corrected chi connectivity index (χ4v) is 1.99. The molecule has 0 fully saturated rings. The second-order valence-electron chi connectivity index (χ2n) is 4.57. The molecule has 0 aliphatic rings. The lowest BCUT2D eigenvalue weighted by atomic mass is 10.2. The Morgan fingerprint density at radius 1 is 1.27 bits per heavy atom. The Kier molecular flexibility index (Phi) is 4.75. The highest BCUT2D eigenvalue weighted by Crippen LogP contribution is 2.36. The SMILES string of the molecule is CCNc1ncc(C)c(Nc2ccc(Cl)c(C(F)(F)F)c2)n1. The number of anilines is 3. The number of benzene rings is 1. The summed E-state index contributed by atoms with van der Waals surface area (Å²) in [6.07, 6.45) is -2.92. The molecule has 0 atom stereocenters. The number of nitrogens with one attached hydrogen (secondary N) is 2. The van der Waals surface area contributed by atoms with E-state index in [0.29, 0.717) is 23.9 Å². The van der Waals surface area contributed by atoms with E-state index in [-0.39, 0.29) is 10.7 Å². The van der Waals surface area contributed by atoms with Crippen LogP contribution in [0.25, 0.3) is 0 Å². The molecule has 1 aromatic carbocycles. The van der Waals surface area contributed by atoms with E-state index in [4.69, 9.17) is 11.6 Å². The molecule has 4 nitrogen and oxygen atoms in total. The van der Waals surface area contributed by atoms with Crippen molar-refractivity contribution in [2.45, 2.75) is 20.0 Å². The number of nitrogens with zero attached hydrogens (tertiary/aromatic N) is 2. The van der Waals surface area contributed by atoms with E-state index in [9.17, 15) is 13.2 Å². The van der Waals surface area contributed by atoms with Gasteiger partial charge in [0.2, 0.25) is 5.95 Å². The predicted octanol–water partition coefficient (Wildman–Crippen LogP) is 4.63. The van der Waals surface area contributed by atoms with Crippen LogP contribution in [-0.4, -0.2) is 16.5 Å². The minimum atomic E-state index is -4.51. The molecule has 1 heterocycles. The minimum absolute atomic E-state index is 0.251. The van der Waals surface area contributed by atoms with E-state index < -0.39 is 11.7 Å². The van der Waals surface area contributed by atoms with Gasteiger partial charge in [0.15, 0.2) is 0 Å². The third kappa shape index (κ3) is 3.79.